The molecule has 0 saturated heterocycles. The van der Waals surface area contributed by atoms with Crippen LogP contribution in [0.4, 0.5) is 0 Å². The molecule has 1 rings (SSSR count). The van der Waals surface area contributed by atoms with Crippen molar-refractivity contribution in [1.82, 2.24) is 10.2 Å². The topological polar surface area (TPSA) is 15.3 Å². The van der Waals surface area contributed by atoms with Crippen molar-refractivity contribution in [1.29, 1.82) is 0 Å². The van der Waals surface area contributed by atoms with Crippen LogP contribution in [0.15, 0.2) is 17.5 Å². The molecule has 1 aromatic heterocycles. The third-order valence-corrected chi connectivity index (χ3v) is 3.03. The highest BCUT2D eigenvalue weighted by molar-refractivity contribution is 7.10. The highest BCUT2D eigenvalue weighted by Crippen LogP contribution is 2.17. The number of nitrogens with one attached hydrogen (secondary N) is 1. The minimum atomic E-state index is 0.486. The van der Waals surface area contributed by atoms with Gasteiger partial charge in [0.1, 0.15) is 0 Å². The molecule has 0 spiro atoms. The van der Waals surface area contributed by atoms with Gasteiger partial charge in [-0.3, -0.25) is 0 Å². The first kappa shape index (κ1) is 10.7. The highest BCUT2D eigenvalue weighted by Gasteiger charge is 2.04. The standard InChI is InChI=1S/C10H18N2S/c1-9(10-5-4-8-13-10)11-6-7-12(2)3/h4-5,8-9,11H,6-7H2,1-3H3/t9-/m1/s1. The fraction of sp³-hybridized carbons (Fsp3) is 0.600. The predicted molar refractivity (Wildman–Crippen MR) is 59.3 cm³/mol. The van der Waals surface area contributed by atoms with Crippen LogP contribution in [0, 0.1) is 0 Å². The molecule has 0 amide bonds. The second-order valence-corrected chi connectivity index (χ2v) is 4.47. The summed E-state index contributed by atoms with van der Waals surface area (Å²) in [5, 5.41) is 5.61. The number of hydrogen-bond donors (Lipinski definition) is 1. The van der Waals surface area contributed by atoms with Crippen LogP contribution in [-0.2, 0) is 0 Å². The predicted octanol–water partition coefficient (Wildman–Crippen LogP) is 1.96. The van der Waals surface area contributed by atoms with E-state index in [4.69, 9.17) is 0 Å². The van der Waals surface area contributed by atoms with Gasteiger partial charge >= 0.3 is 0 Å². The molecule has 1 atom stereocenters. The van der Waals surface area contributed by atoms with Gasteiger partial charge in [-0.2, -0.15) is 0 Å². The summed E-state index contributed by atoms with van der Waals surface area (Å²) in [6.07, 6.45) is 0. The summed E-state index contributed by atoms with van der Waals surface area (Å²) in [7, 11) is 4.19. The Hall–Kier alpha value is -0.380. The highest BCUT2D eigenvalue weighted by atomic mass is 32.1. The SMILES string of the molecule is C[C@@H](NCCN(C)C)c1cccs1. The number of nitrogens with zero attached hydrogens (tertiary/aromatic N) is 1. The van der Waals surface area contributed by atoms with Gasteiger partial charge in [0.25, 0.3) is 0 Å². The lowest BCUT2D eigenvalue weighted by atomic mass is 10.3. The first-order valence-corrected chi connectivity index (χ1v) is 5.49. The minimum absolute atomic E-state index is 0.486. The molecule has 3 heteroatoms. The van der Waals surface area contributed by atoms with E-state index in [2.05, 4.69) is 48.7 Å². The molecule has 0 bridgehead atoms. The largest absolute Gasteiger partial charge is 0.308 e. The third-order valence-electron chi connectivity index (χ3n) is 1.98. The Balaban J connectivity index is 2.22. The normalized spacial score (nSPS) is 13.5. The smallest absolute Gasteiger partial charge is 0.0386 e. The second kappa shape index (κ2) is 5.37. The van der Waals surface area contributed by atoms with Crippen molar-refractivity contribution in [3.8, 4) is 0 Å². The minimum Gasteiger partial charge on any atom is -0.308 e. The lowest BCUT2D eigenvalue weighted by molar-refractivity contribution is 0.390. The van der Waals surface area contributed by atoms with Gasteiger partial charge in [-0.1, -0.05) is 6.07 Å². The Kier molecular flexibility index (Phi) is 4.42. The van der Waals surface area contributed by atoms with Crippen LogP contribution in [0.1, 0.15) is 17.8 Å². The van der Waals surface area contributed by atoms with Crippen molar-refractivity contribution in [3.63, 3.8) is 0 Å². The maximum atomic E-state index is 3.49. The monoisotopic (exact) mass is 198 g/mol. The molecule has 0 aliphatic heterocycles. The molecular formula is C10H18N2S. The third kappa shape index (κ3) is 3.89. The van der Waals surface area contributed by atoms with Crippen molar-refractivity contribution >= 4 is 11.3 Å². The summed E-state index contributed by atoms with van der Waals surface area (Å²) in [5.41, 5.74) is 0. The van der Waals surface area contributed by atoms with Crippen molar-refractivity contribution in [2.45, 2.75) is 13.0 Å². The zero-order valence-corrected chi connectivity index (χ0v) is 9.40. The van der Waals surface area contributed by atoms with E-state index < -0.39 is 0 Å². The molecule has 0 aromatic carbocycles. The van der Waals surface area contributed by atoms with Crippen LogP contribution < -0.4 is 5.32 Å². The molecule has 0 fully saturated rings. The van der Waals surface area contributed by atoms with E-state index in [9.17, 15) is 0 Å². The average Bonchev–Trinajstić information content (AvgIpc) is 2.55. The van der Waals surface area contributed by atoms with E-state index in [1.165, 1.54) is 4.88 Å². The van der Waals surface area contributed by atoms with Gasteiger partial charge in [-0.15, -0.1) is 11.3 Å². The van der Waals surface area contributed by atoms with Crippen LogP contribution >= 0.6 is 11.3 Å². The summed E-state index contributed by atoms with van der Waals surface area (Å²) >= 11 is 1.81. The van der Waals surface area contributed by atoms with E-state index in [-0.39, 0.29) is 0 Å². The van der Waals surface area contributed by atoms with Crippen LogP contribution in [0.2, 0.25) is 0 Å². The average molecular weight is 198 g/mol. The maximum absolute atomic E-state index is 3.49. The van der Waals surface area contributed by atoms with Gasteiger partial charge in [0.2, 0.25) is 0 Å². The van der Waals surface area contributed by atoms with Crippen LogP contribution in [-0.4, -0.2) is 32.1 Å². The Morgan fingerprint density at radius 3 is 2.85 bits per heavy atom. The number of thiophene rings is 1. The first-order chi connectivity index (χ1) is 6.20. The first-order valence-electron chi connectivity index (χ1n) is 4.61. The molecule has 0 aliphatic rings. The van der Waals surface area contributed by atoms with Crippen LogP contribution in [0.25, 0.3) is 0 Å². The zero-order chi connectivity index (χ0) is 9.68. The van der Waals surface area contributed by atoms with Crippen molar-refractivity contribution < 1.29 is 0 Å². The molecular weight excluding hydrogens is 180 g/mol. The van der Waals surface area contributed by atoms with E-state index in [0.717, 1.165) is 13.1 Å². The van der Waals surface area contributed by atoms with Gasteiger partial charge in [0.05, 0.1) is 0 Å². The molecule has 0 unspecified atom stereocenters. The summed E-state index contributed by atoms with van der Waals surface area (Å²) in [6.45, 7) is 4.35. The molecule has 0 radical (unpaired) electrons. The van der Waals surface area contributed by atoms with Gasteiger partial charge < -0.3 is 10.2 Å². The Labute approximate surface area is 84.6 Å². The summed E-state index contributed by atoms with van der Waals surface area (Å²) in [5.74, 6) is 0. The summed E-state index contributed by atoms with van der Waals surface area (Å²) < 4.78 is 0. The lowest BCUT2D eigenvalue weighted by Crippen LogP contribution is -2.28. The number of rotatable bonds is 5. The Morgan fingerprint density at radius 1 is 1.54 bits per heavy atom. The lowest BCUT2D eigenvalue weighted by Gasteiger charge is -2.14. The van der Waals surface area contributed by atoms with E-state index in [1.54, 1.807) is 0 Å². The van der Waals surface area contributed by atoms with E-state index in [1.807, 2.05) is 11.3 Å². The molecule has 13 heavy (non-hydrogen) atoms. The molecule has 0 saturated carbocycles. The summed E-state index contributed by atoms with van der Waals surface area (Å²) in [6, 6.07) is 4.77. The molecule has 2 nitrogen and oxygen atoms in total. The molecule has 1 N–H and O–H groups in total. The van der Waals surface area contributed by atoms with Crippen LogP contribution in [0.5, 0.6) is 0 Å². The molecule has 74 valence electrons. The number of hydrogen-bond acceptors (Lipinski definition) is 3. The Morgan fingerprint density at radius 2 is 2.31 bits per heavy atom. The van der Waals surface area contributed by atoms with Gasteiger partial charge in [0.15, 0.2) is 0 Å². The second-order valence-electron chi connectivity index (χ2n) is 3.49. The number of likely N-dealkylation sites (N-methyl/N-ethyl adjacent to an activating group) is 1. The maximum Gasteiger partial charge on any atom is 0.0386 e. The van der Waals surface area contributed by atoms with Crippen molar-refractivity contribution in [2.24, 2.45) is 0 Å². The van der Waals surface area contributed by atoms with Crippen molar-refractivity contribution in [3.05, 3.63) is 22.4 Å². The van der Waals surface area contributed by atoms with Gasteiger partial charge in [-0.05, 0) is 32.5 Å². The van der Waals surface area contributed by atoms with Crippen LogP contribution in [0.3, 0.4) is 0 Å². The van der Waals surface area contributed by atoms with Crippen molar-refractivity contribution in [2.75, 3.05) is 27.2 Å². The zero-order valence-electron chi connectivity index (χ0n) is 8.58. The summed E-state index contributed by atoms with van der Waals surface area (Å²) in [4.78, 5) is 3.60. The van der Waals surface area contributed by atoms with Gasteiger partial charge in [0, 0.05) is 24.0 Å². The van der Waals surface area contributed by atoms with E-state index in [0.29, 0.717) is 6.04 Å². The van der Waals surface area contributed by atoms with E-state index >= 15 is 0 Å². The molecule has 0 aliphatic carbocycles. The van der Waals surface area contributed by atoms with Gasteiger partial charge in [-0.25, -0.2) is 0 Å². The Bertz CT molecular complexity index is 219. The molecule has 1 heterocycles. The quantitative estimate of drug-likeness (QED) is 0.778. The fourth-order valence-corrected chi connectivity index (χ4v) is 1.90. The fourth-order valence-electron chi connectivity index (χ4n) is 1.14. The molecule has 1 aromatic rings.